The summed E-state index contributed by atoms with van der Waals surface area (Å²) < 4.78 is 19.5. The highest BCUT2D eigenvalue weighted by Gasteiger charge is 2.53. The van der Waals surface area contributed by atoms with Gasteiger partial charge in [0, 0.05) is 30.4 Å². The number of hydrogen-bond acceptors (Lipinski definition) is 6. The summed E-state index contributed by atoms with van der Waals surface area (Å²) in [5.74, 6) is 3.14. The monoisotopic (exact) mass is 554 g/mol. The minimum atomic E-state index is -0.253. The molecule has 5 rings (SSSR count). The quantitative estimate of drug-likeness (QED) is 0.253. The van der Waals surface area contributed by atoms with Crippen molar-refractivity contribution < 1.29 is 19.0 Å². The molecular formula is C32H46N2O4S. The van der Waals surface area contributed by atoms with Gasteiger partial charge in [0.2, 0.25) is 0 Å². The Morgan fingerprint density at radius 1 is 1.13 bits per heavy atom. The second-order valence-electron chi connectivity index (χ2n) is 11.5. The molecule has 0 bridgehead atoms. The van der Waals surface area contributed by atoms with E-state index in [4.69, 9.17) is 14.2 Å². The lowest BCUT2D eigenvalue weighted by molar-refractivity contribution is -0.00174. The van der Waals surface area contributed by atoms with E-state index >= 15 is 0 Å². The number of hydrogen-bond donors (Lipinski definition) is 1. The molecule has 6 nitrogen and oxygen atoms in total. The molecule has 3 fully saturated rings. The molecule has 1 N–H and O–H groups in total. The predicted octanol–water partition coefficient (Wildman–Crippen LogP) is 6.98. The Morgan fingerprint density at radius 3 is 2.56 bits per heavy atom. The molecule has 0 radical (unpaired) electrons. The number of methoxy groups -OCH3 is 1. The van der Waals surface area contributed by atoms with E-state index in [-0.39, 0.29) is 12.2 Å². The first-order chi connectivity index (χ1) is 18.9. The van der Waals surface area contributed by atoms with Gasteiger partial charge < -0.3 is 19.5 Å². The Morgan fingerprint density at radius 2 is 1.90 bits per heavy atom. The molecule has 0 spiro atoms. The molecule has 0 aromatic heterocycles. The first-order valence-corrected chi connectivity index (χ1v) is 15.3. The smallest absolute Gasteiger partial charge is 0.407 e. The lowest BCUT2D eigenvalue weighted by Crippen LogP contribution is -2.37. The Bertz CT molecular complexity index is 1000. The second-order valence-corrected chi connectivity index (χ2v) is 12.6. The number of carbonyl (C=O) groups is 1. The van der Waals surface area contributed by atoms with Gasteiger partial charge in [0.25, 0.3) is 0 Å². The summed E-state index contributed by atoms with van der Waals surface area (Å²) in [6.45, 7) is 9.93. The van der Waals surface area contributed by atoms with Crippen molar-refractivity contribution in [1.82, 2.24) is 9.62 Å². The van der Waals surface area contributed by atoms with Crippen LogP contribution < -0.4 is 10.1 Å². The zero-order valence-electron chi connectivity index (χ0n) is 24.0. The molecule has 1 saturated heterocycles. The molecule has 39 heavy (non-hydrogen) atoms. The van der Waals surface area contributed by atoms with Gasteiger partial charge in [0.05, 0.1) is 19.8 Å². The van der Waals surface area contributed by atoms with E-state index in [1.54, 1.807) is 19.1 Å². The van der Waals surface area contributed by atoms with Crippen LogP contribution in [0.5, 0.6) is 5.75 Å². The van der Waals surface area contributed by atoms with Crippen molar-refractivity contribution >= 4 is 18.0 Å². The fourth-order valence-electron chi connectivity index (χ4n) is 6.22. The number of rotatable bonds is 10. The van der Waals surface area contributed by atoms with Crippen LogP contribution in [-0.2, 0) is 9.47 Å². The van der Waals surface area contributed by atoms with Crippen LogP contribution >= 0.6 is 11.9 Å². The molecular weight excluding hydrogens is 508 g/mol. The third kappa shape index (κ3) is 8.89. The van der Waals surface area contributed by atoms with Crippen molar-refractivity contribution in [2.24, 2.45) is 23.7 Å². The van der Waals surface area contributed by atoms with Crippen LogP contribution in [0.15, 0.2) is 59.5 Å². The number of ether oxygens (including phenoxy) is 3. The van der Waals surface area contributed by atoms with Crippen LogP contribution in [-0.4, -0.2) is 56.0 Å². The average molecular weight is 555 g/mol. The van der Waals surface area contributed by atoms with Crippen molar-refractivity contribution in [3.05, 3.63) is 60.2 Å². The molecule has 1 heterocycles. The number of amides is 1. The molecule has 214 valence electrons. The van der Waals surface area contributed by atoms with Gasteiger partial charge in [0.15, 0.2) is 0 Å². The van der Waals surface area contributed by atoms with Crippen LogP contribution in [0.2, 0.25) is 0 Å². The number of nitrogens with zero attached hydrogens (tertiary/aromatic N) is 1. The summed E-state index contributed by atoms with van der Waals surface area (Å²) in [7, 11) is 1.68. The van der Waals surface area contributed by atoms with E-state index in [0.717, 1.165) is 38.3 Å². The summed E-state index contributed by atoms with van der Waals surface area (Å²) in [4.78, 5) is 13.7. The molecule has 1 aliphatic heterocycles. The van der Waals surface area contributed by atoms with E-state index < -0.39 is 0 Å². The van der Waals surface area contributed by atoms with Crippen molar-refractivity contribution in [3.63, 3.8) is 0 Å². The van der Waals surface area contributed by atoms with Crippen molar-refractivity contribution in [3.8, 4) is 5.75 Å². The summed E-state index contributed by atoms with van der Waals surface area (Å²) in [6.07, 6.45) is 5.63. The first kappa shape index (κ1) is 29.8. The lowest BCUT2D eigenvalue weighted by atomic mass is 9.77. The van der Waals surface area contributed by atoms with Gasteiger partial charge in [-0.2, -0.15) is 0 Å². The Hall–Kier alpha value is -2.22. The normalized spacial score (nSPS) is 25.1. The summed E-state index contributed by atoms with van der Waals surface area (Å²) in [5.41, 5.74) is 1.32. The SMILES string of the molecule is COc1ccc(SN(CCCNC(=O)OC2C[C@H]3COC4CCCC2C43)CC(C)C)cc1.Cc1ccccc1. The average Bonchev–Trinajstić information content (AvgIpc) is 3.50. The summed E-state index contributed by atoms with van der Waals surface area (Å²) >= 11 is 1.76. The van der Waals surface area contributed by atoms with Crippen LogP contribution in [0.4, 0.5) is 4.79 Å². The minimum absolute atomic E-state index is 0.0692. The standard InChI is InChI=1S/C25H38N2O4S.C7H8/c1-17(2)15-27(32-20-10-8-19(29-3)9-11-20)13-5-12-26-25(28)31-23-14-18-16-30-22-7-4-6-21(23)24(18)22;1-7-5-3-2-4-6-7/h8-11,17-18,21-24H,4-7,12-16H2,1-3H3,(H,26,28);2-6H,1H3/t18-,21?,22?,23?,24?;/m0./s1. The number of nitrogens with one attached hydrogen (secondary N) is 1. The largest absolute Gasteiger partial charge is 0.497 e. The van der Waals surface area contributed by atoms with Gasteiger partial charge in [-0.25, -0.2) is 9.10 Å². The fraction of sp³-hybridized carbons (Fsp3) is 0.594. The number of alkyl carbamates (subject to hydrolysis) is 1. The van der Waals surface area contributed by atoms with Crippen molar-refractivity contribution in [2.45, 2.75) is 70.0 Å². The van der Waals surface area contributed by atoms with Gasteiger partial charge in [-0.15, -0.1) is 0 Å². The molecule has 1 amide bonds. The molecule has 5 atom stereocenters. The molecule has 2 aliphatic carbocycles. The van der Waals surface area contributed by atoms with Gasteiger partial charge in [-0.05, 0) is 86.6 Å². The third-order valence-corrected chi connectivity index (χ3v) is 9.02. The molecule has 7 heteroatoms. The van der Waals surface area contributed by atoms with Gasteiger partial charge >= 0.3 is 6.09 Å². The Kier molecular flexibility index (Phi) is 11.4. The Labute approximate surface area is 239 Å². The molecule has 3 aliphatic rings. The minimum Gasteiger partial charge on any atom is -0.497 e. The molecule has 4 unspecified atom stereocenters. The Balaban J connectivity index is 0.000000438. The van der Waals surface area contributed by atoms with Crippen LogP contribution in [0, 0.1) is 30.6 Å². The van der Waals surface area contributed by atoms with Crippen LogP contribution in [0.3, 0.4) is 0 Å². The summed E-state index contributed by atoms with van der Waals surface area (Å²) in [5, 5.41) is 2.99. The van der Waals surface area contributed by atoms with E-state index in [9.17, 15) is 4.79 Å². The number of aryl methyl sites for hydroxylation is 1. The van der Waals surface area contributed by atoms with Gasteiger partial charge in [-0.3, -0.25) is 0 Å². The number of carbonyl (C=O) groups excluding carboxylic acids is 1. The van der Waals surface area contributed by atoms with Crippen LogP contribution in [0.1, 0.15) is 51.5 Å². The highest BCUT2D eigenvalue weighted by molar-refractivity contribution is 7.97. The van der Waals surface area contributed by atoms with Crippen molar-refractivity contribution in [2.75, 3.05) is 33.4 Å². The molecule has 2 saturated carbocycles. The third-order valence-electron chi connectivity index (χ3n) is 7.95. The number of benzene rings is 2. The maximum absolute atomic E-state index is 12.5. The van der Waals surface area contributed by atoms with E-state index in [0.29, 0.717) is 36.3 Å². The lowest BCUT2D eigenvalue weighted by Gasteiger charge is -2.32. The topological polar surface area (TPSA) is 60.0 Å². The zero-order valence-corrected chi connectivity index (χ0v) is 24.8. The second kappa shape index (κ2) is 15.0. The van der Waals surface area contributed by atoms with E-state index in [1.165, 1.54) is 29.7 Å². The van der Waals surface area contributed by atoms with Gasteiger partial charge in [-0.1, -0.05) is 56.2 Å². The maximum Gasteiger partial charge on any atom is 0.407 e. The highest BCUT2D eigenvalue weighted by atomic mass is 32.2. The molecule has 2 aromatic carbocycles. The first-order valence-electron chi connectivity index (χ1n) is 14.6. The maximum atomic E-state index is 12.5. The predicted molar refractivity (Wildman–Crippen MR) is 158 cm³/mol. The van der Waals surface area contributed by atoms with Crippen molar-refractivity contribution in [1.29, 1.82) is 0 Å². The highest BCUT2D eigenvalue weighted by Crippen LogP contribution is 2.51. The van der Waals surface area contributed by atoms with Crippen LogP contribution in [0.25, 0.3) is 0 Å². The molecule has 2 aromatic rings. The van der Waals surface area contributed by atoms with E-state index in [2.05, 4.69) is 54.7 Å². The zero-order chi connectivity index (χ0) is 27.6. The van der Waals surface area contributed by atoms with E-state index in [1.807, 2.05) is 30.3 Å². The fourth-order valence-corrected chi connectivity index (χ4v) is 7.36. The van der Waals surface area contributed by atoms with Gasteiger partial charge in [0.1, 0.15) is 11.9 Å². The summed E-state index contributed by atoms with van der Waals surface area (Å²) in [6, 6.07) is 18.4.